The van der Waals surface area contributed by atoms with Crippen LogP contribution in [0.15, 0.2) is 72.1 Å². The SMILES string of the molecule is O=C1CC(c2cccs2)c2c(-c3ccc(Cl)cc3)nn(-c3ccccc3)c2N1. The van der Waals surface area contributed by atoms with Crippen molar-refractivity contribution in [1.82, 2.24) is 9.78 Å². The van der Waals surface area contributed by atoms with Crippen molar-refractivity contribution in [2.45, 2.75) is 12.3 Å². The Labute approximate surface area is 171 Å². The van der Waals surface area contributed by atoms with E-state index in [-0.39, 0.29) is 11.8 Å². The Morgan fingerprint density at radius 1 is 1.04 bits per heavy atom. The first-order chi connectivity index (χ1) is 13.7. The Kier molecular flexibility index (Phi) is 4.26. The molecule has 28 heavy (non-hydrogen) atoms. The lowest BCUT2D eigenvalue weighted by Gasteiger charge is -2.23. The van der Waals surface area contributed by atoms with Crippen LogP contribution in [0.2, 0.25) is 5.02 Å². The van der Waals surface area contributed by atoms with Crippen LogP contribution >= 0.6 is 22.9 Å². The third-order valence-corrected chi connectivity index (χ3v) is 6.16. The zero-order valence-corrected chi connectivity index (χ0v) is 16.4. The maximum absolute atomic E-state index is 12.5. The molecule has 1 amide bonds. The number of hydrogen-bond acceptors (Lipinski definition) is 3. The number of nitrogens with one attached hydrogen (secondary N) is 1. The highest BCUT2D eigenvalue weighted by molar-refractivity contribution is 7.10. The van der Waals surface area contributed by atoms with Gasteiger partial charge in [0.05, 0.1) is 11.4 Å². The van der Waals surface area contributed by atoms with Crippen molar-refractivity contribution in [1.29, 1.82) is 0 Å². The van der Waals surface area contributed by atoms with Crippen LogP contribution in [0.25, 0.3) is 16.9 Å². The molecular weight excluding hydrogens is 390 g/mol. The maximum Gasteiger partial charge on any atom is 0.226 e. The Morgan fingerprint density at radius 2 is 1.82 bits per heavy atom. The van der Waals surface area contributed by atoms with Gasteiger partial charge in [0, 0.05) is 33.4 Å². The van der Waals surface area contributed by atoms with E-state index < -0.39 is 0 Å². The van der Waals surface area contributed by atoms with E-state index in [2.05, 4.69) is 11.4 Å². The number of halogens is 1. The van der Waals surface area contributed by atoms with Crippen molar-refractivity contribution in [3.05, 3.63) is 87.6 Å². The molecule has 1 atom stereocenters. The summed E-state index contributed by atoms with van der Waals surface area (Å²) < 4.78 is 1.83. The summed E-state index contributed by atoms with van der Waals surface area (Å²) in [6.45, 7) is 0. The average molecular weight is 406 g/mol. The molecule has 2 aromatic heterocycles. The monoisotopic (exact) mass is 405 g/mol. The summed E-state index contributed by atoms with van der Waals surface area (Å²) in [5.74, 6) is 0.725. The maximum atomic E-state index is 12.5. The molecule has 0 spiro atoms. The Bertz CT molecular complexity index is 1130. The molecule has 138 valence electrons. The molecule has 1 aliphatic rings. The summed E-state index contributed by atoms with van der Waals surface area (Å²) in [5, 5.41) is 10.7. The third kappa shape index (κ3) is 2.93. The summed E-state index contributed by atoms with van der Waals surface area (Å²) >= 11 is 7.76. The Balaban J connectivity index is 1.77. The molecule has 0 radical (unpaired) electrons. The topological polar surface area (TPSA) is 46.9 Å². The number of amides is 1. The van der Waals surface area contributed by atoms with Gasteiger partial charge in [-0.1, -0.05) is 48.0 Å². The number of fused-ring (bicyclic) bond motifs is 1. The van der Waals surface area contributed by atoms with E-state index in [1.54, 1.807) is 11.3 Å². The van der Waals surface area contributed by atoms with Gasteiger partial charge in [-0.05, 0) is 35.7 Å². The minimum Gasteiger partial charge on any atom is -0.310 e. The lowest BCUT2D eigenvalue weighted by Crippen LogP contribution is -2.24. The summed E-state index contributed by atoms with van der Waals surface area (Å²) in [5.41, 5.74) is 3.81. The van der Waals surface area contributed by atoms with Crippen LogP contribution in [0.1, 0.15) is 22.8 Å². The lowest BCUT2D eigenvalue weighted by molar-refractivity contribution is -0.116. The molecule has 4 aromatic rings. The minimum absolute atomic E-state index is 0.00522. The van der Waals surface area contributed by atoms with Gasteiger partial charge >= 0.3 is 0 Å². The number of aromatic nitrogens is 2. The number of para-hydroxylation sites is 1. The molecule has 6 heteroatoms. The summed E-state index contributed by atoms with van der Waals surface area (Å²) in [6, 6.07) is 21.7. The number of carbonyl (C=O) groups excluding carboxylic acids is 1. The first-order valence-electron chi connectivity index (χ1n) is 8.98. The smallest absolute Gasteiger partial charge is 0.226 e. The zero-order valence-electron chi connectivity index (χ0n) is 14.8. The van der Waals surface area contributed by atoms with E-state index in [1.807, 2.05) is 70.7 Å². The first-order valence-corrected chi connectivity index (χ1v) is 10.2. The molecule has 0 saturated heterocycles. The number of anilines is 1. The van der Waals surface area contributed by atoms with Crippen LogP contribution in [0.3, 0.4) is 0 Å². The molecule has 0 fully saturated rings. The number of hydrogen-bond donors (Lipinski definition) is 1. The highest BCUT2D eigenvalue weighted by atomic mass is 35.5. The molecule has 3 heterocycles. The van der Waals surface area contributed by atoms with Crippen molar-refractivity contribution in [3.8, 4) is 16.9 Å². The van der Waals surface area contributed by atoms with E-state index >= 15 is 0 Å². The number of rotatable bonds is 3. The predicted octanol–water partition coefficient (Wildman–Crippen LogP) is 5.73. The van der Waals surface area contributed by atoms with Crippen molar-refractivity contribution in [3.63, 3.8) is 0 Å². The quantitative estimate of drug-likeness (QED) is 0.473. The molecule has 1 unspecified atom stereocenters. The second-order valence-corrected chi connectivity index (χ2v) is 8.10. The van der Waals surface area contributed by atoms with Crippen molar-refractivity contribution >= 4 is 34.7 Å². The molecule has 0 bridgehead atoms. The van der Waals surface area contributed by atoms with Crippen LogP contribution in [0, 0.1) is 0 Å². The summed E-state index contributed by atoms with van der Waals surface area (Å²) in [7, 11) is 0. The van der Waals surface area contributed by atoms with Crippen LogP contribution in [0.5, 0.6) is 0 Å². The molecular formula is C22H16ClN3OS. The van der Waals surface area contributed by atoms with E-state index in [4.69, 9.17) is 16.7 Å². The number of nitrogens with zero attached hydrogens (tertiary/aromatic N) is 2. The fourth-order valence-electron chi connectivity index (χ4n) is 3.66. The average Bonchev–Trinajstić information content (AvgIpc) is 3.37. The zero-order chi connectivity index (χ0) is 19.1. The standard InChI is InChI=1S/C22H16ClN3OS/c23-15-10-8-14(9-11-15)21-20-17(18-7-4-12-28-18)13-19(27)24-22(20)26(25-21)16-5-2-1-3-6-16/h1-12,17H,13H2,(H,24,27). The van der Waals surface area contributed by atoms with Crippen molar-refractivity contribution in [2.75, 3.05) is 5.32 Å². The largest absolute Gasteiger partial charge is 0.310 e. The van der Waals surface area contributed by atoms with Crippen LogP contribution in [-0.4, -0.2) is 15.7 Å². The fourth-order valence-corrected chi connectivity index (χ4v) is 4.62. The molecule has 0 saturated carbocycles. The molecule has 1 aliphatic heterocycles. The van der Waals surface area contributed by atoms with E-state index in [0.717, 1.165) is 28.3 Å². The lowest BCUT2D eigenvalue weighted by atomic mass is 9.88. The molecule has 5 rings (SSSR count). The van der Waals surface area contributed by atoms with Crippen molar-refractivity contribution in [2.24, 2.45) is 0 Å². The normalized spacial score (nSPS) is 15.9. The van der Waals surface area contributed by atoms with Gasteiger partial charge in [0.25, 0.3) is 0 Å². The van der Waals surface area contributed by atoms with E-state index in [9.17, 15) is 4.79 Å². The number of carbonyl (C=O) groups is 1. The van der Waals surface area contributed by atoms with Gasteiger partial charge in [-0.2, -0.15) is 5.10 Å². The Hall–Kier alpha value is -2.89. The second kappa shape index (κ2) is 6.93. The summed E-state index contributed by atoms with van der Waals surface area (Å²) in [6.07, 6.45) is 0.411. The van der Waals surface area contributed by atoms with Crippen LogP contribution in [0.4, 0.5) is 5.82 Å². The van der Waals surface area contributed by atoms with Crippen LogP contribution in [-0.2, 0) is 4.79 Å². The van der Waals surface area contributed by atoms with E-state index in [1.165, 1.54) is 4.88 Å². The third-order valence-electron chi connectivity index (χ3n) is 4.92. The van der Waals surface area contributed by atoms with Gasteiger partial charge in [-0.15, -0.1) is 11.3 Å². The van der Waals surface area contributed by atoms with Gasteiger partial charge in [-0.25, -0.2) is 4.68 Å². The highest BCUT2D eigenvalue weighted by Gasteiger charge is 2.34. The summed E-state index contributed by atoms with van der Waals surface area (Å²) in [4.78, 5) is 13.7. The van der Waals surface area contributed by atoms with Gasteiger partial charge in [0.1, 0.15) is 5.82 Å². The van der Waals surface area contributed by atoms with Gasteiger partial charge in [-0.3, -0.25) is 4.79 Å². The Morgan fingerprint density at radius 3 is 2.54 bits per heavy atom. The van der Waals surface area contributed by atoms with Gasteiger partial charge in [0.2, 0.25) is 5.91 Å². The molecule has 4 nitrogen and oxygen atoms in total. The van der Waals surface area contributed by atoms with Gasteiger partial charge < -0.3 is 5.32 Å². The number of benzene rings is 2. The fraction of sp³-hybridized carbons (Fsp3) is 0.0909. The minimum atomic E-state index is -0.0214. The molecule has 0 aliphatic carbocycles. The van der Waals surface area contributed by atoms with E-state index in [0.29, 0.717) is 11.4 Å². The molecule has 1 N–H and O–H groups in total. The predicted molar refractivity (Wildman–Crippen MR) is 113 cm³/mol. The highest BCUT2D eigenvalue weighted by Crippen LogP contribution is 2.45. The van der Waals surface area contributed by atoms with Crippen molar-refractivity contribution < 1.29 is 4.79 Å². The van der Waals surface area contributed by atoms with Gasteiger partial charge in [0.15, 0.2) is 0 Å². The number of thiophene rings is 1. The first kappa shape index (κ1) is 17.2. The second-order valence-electron chi connectivity index (χ2n) is 6.69. The molecule has 2 aromatic carbocycles. The van der Waals surface area contributed by atoms with Crippen LogP contribution < -0.4 is 5.32 Å².